The maximum Gasteiger partial charge on any atom is 0.257 e. The van der Waals surface area contributed by atoms with Gasteiger partial charge in [-0.15, -0.1) is 0 Å². The topological polar surface area (TPSA) is 89.0 Å². The molecule has 0 aliphatic heterocycles. The molecule has 6 nitrogen and oxygen atoms in total. The van der Waals surface area contributed by atoms with Gasteiger partial charge in [-0.1, -0.05) is 41.7 Å². The van der Waals surface area contributed by atoms with Crippen molar-refractivity contribution < 1.29 is 13.2 Å². The summed E-state index contributed by atoms with van der Waals surface area (Å²) in [7, 11) is -3.38. The molecule has 0 fully saturated rings. The Morgan fingerprint density at radius 3 is 2.54 bits per heavy atom. The van der Waals surface area contributed by atoms with E-state index >= 15 is 0 Å². The smallest absolute Gasteiger partial charge is 0.257 e. The fraction of sp³-hybridized carbons (Fsp3) is 0.148. The van der Waals surface area contributed by atoms with E-state index in [-0.39, 0.29) is 5.91 Å². The number of carbonyl (C=O) groups is 1. The van der Waals surface area contributed by atoms with E-state index in [4.69, 9.17) is 0 Å². The molecule has 3 aromatic carbocycles. The number of rotatable bonds is 5. The van der Waals surface area contributed by atoms with Crippen molar-refractivity contribution in [2.45, 2.75) is 18.6 Å². The normalized spacial score (nSPS) is 12.2. The van der Waals surface area contributed by atoms with E-state index in [1.54, 1.807) is 32.2 Å². The third-order valence-electron chi connectivity index (χ3n) is 6.28. The molecular formula is C27H23N3O3S2. The van der Waals surface area contributed by atoms with Crippen LogP contribution in [0, 0.1) is 0 Å². The van der Waals surface area contributed by atoms with Gasteiger partial charge in [0.1, 0.15) is 0 Å². The van der Waals surface area contributed by atoms with Gasteiger partial charge in [-0.3, -0.25) is 15.1 Å². The van der Waals surface area contributed by atoms with Gasteiger partial charge in [0.2, 0.25) is 0 Å². The average Bonchev–Trinajstić information content (AvgIpc) is 3.25. The van der Waals surface area contributed by atoms with Gasteiger partial charge < -0.3 is 0 Å². The summed E-state index contributed by atoms with van der Waals surface area (Å²) in [6.07, 6.45) is 2.95. The van der Waals surface area contributed by atoms with Crippen LogP contribution in [-0.2, 0) is 14.6 Å². The van der Waals surface area contributed by atoms with E-state index < -0.39 is 14.6 Å². The van der Waals surface area contributed by atoms with Gasteiger partial charge in [0.05, 0.1) is 20.5 Å². The Balaban J connectivity index is 1.57. The lowest BCUT2D eigenvalue weighted by Crippen LogP contribution is -2.28. The van der Waals surface area contributed by atoms with Crippen molar-refractivity contribution in [1.29, 1.82) is 0 Å². The van der Waals surface area contributed by atoms with Crippen LogP contribution in [0.1, 0.15) is 29.8 Å². The number of amides is 1. The van der Waals surface area contributed by atoms with Crippen LogP contribution < -0.4 is 5.32 Å². The molecule has 1 amide bonds. The first kappa shape index (κ1) is 23.1. The fourth-order valence-corrected chi connectivity index (χ4v) is 5.30. The van der Waals surface area contributed by atoms with Crippen molar-refractivity contribution in [2.24, 2.45) is 0 Å². The quantitative estimate of drug-likeness (QED) is 0.317. The summed E-state index contributed by atoms with van der Waals surface area (Å²) in [6, 6.07) is 22.4. The lowest BCUT2D eigenvalue weighted by Gasteiger charge is -2.24. The maximum absolute atomic E-state index is 13.1. The predicted octanol–water partition coefficient (Wildman–Crippen LogP) is 6.04. The first-order chi connectivity index (χ1) is 16.6. The molecule has 1 N–H and O–H groups in total. The minimum atomic E-state index is -3.38. The molecular weight excluding hydrogens is 478 g/mol. The second kappa shape index (κ2) is 8.55. The van der Waals surface area contributed by atoms with Crippen molar-refractivity contribution in [2.75, 3.05) is 11.6 Å². The number of fused-ring (bicyclic) bond motifs is 2. The van der Waals surface area contributed by atoms with E-state index in [0.29, 0.717) is 16.3 Å². The molecule has 176 valence electrons. The lowest BCUT2D eigenvalue weighted by molar-refractivity contribution is 0.102. The zero-order valence-corrected chi connectivity index (χ0v) is 21.1. The molecule has 0 radical (unpaired) electrons. The zero-order valence-electron chi connectivity index (χ0n) is 19.4. The molecule has 0 aliphatic carbocycles. The molecule has 0 aliphatic rings. The number of benzene rings is 3. The van der Waals surface area contributed by atoms with Gasteiger partial charge in [0.15, 0.2) is 15.0 Å². The number of nitrogens with one attached hydrogen (secondary N) is 1. The van der Waals surface area contributed by atoms with Crippen molar-refractivity contribution in [3.63, 3.8) is 0 Å². The SMILES string of the molecule is CC(C)(c1cc(-c2cccc(C(=O)Nc3nc4ccccc4s3)c2)c2ncccc2c1)S(C)(=O)=O. The van der Waals surface area contributed by atoms with Crippen LogP contribution in [0.25, 0.3) is 32.2 Å². The minimum Gasteiger partial charge on any atom is -0.298 e. The third-order valence-corrected chi connectivity index (χ3v) is 9.32. The Labute approximate surface area is 207 Å². The van der Waals surface area contributed by atoms with Crippen LogP contribution in [0.4, 0.5) is 5.13 Å². The van der Waals surface area contributed by atoms with E-state index in [0.717, 1.165) is 32.2 Å². The molecule has 0 unspecified atom stereocenters. The summed E-state index contributed by atoms with van der Waals surface area (Å²) >= 11 is 1.42. The number of thiazole rings is 1. The summed E-state index contributed by atoms with van der Waals surface area (Å²) < 4.78 is 25.0. The van der Waals surface area contributed by atoms with E-state index in [9.17, 15) is 13.2 Å². The molecule has 35 heavy (non-hydrogen) atoms. The molecule has 8 heteroatoms. The van der Waals surface area contributed by atoms with Crippen molar-refractivity contribution in [3.8, 4) is 11.1 Å². The largest absolute Gasteiger partial charge is 0.298 e. The van der Waals surface area contributed by atoms with Crippen LogP contribution in [0.5, 0.6) is 0 Å². The highest BCUT2D eigenvalue weighted by molar-refractivity contribution is 7.91. The summed E-state index contributed by atoms with van der Waals surface area (Å²) in [5, 5.41) is 4.26. The van der Waals surface area contributed by atoms with Crippen molar-refractivity contribution in [1.82, 2.24) is 9.97 Å². The van der Waals surface area contributed by atoms with Crippen LogP contribution in [0.15, 0.2) is 79.0 Å². The highest BCUT2D eigenvalue weighted by Gasteiger charge is 2.33. The van der Waals surface area contributed by atoms with Gasteiger partial charge in [-0.2, -0.15) is 0 Å². The minimum absolute atomic E-state index is 0.268. The molecule has 0 bridgehead atoms. The fourth-order valence-electron chi connectivity index (χ4n) is 3.90. The number of pyridine rings is 1. The first-order valence-corrected chi connectivity index (χ1v) is 13.7. The molecule has 5 aromatic rings. The summed E-state index contributed by atoms with van der Waals surface area (Å²) in [5.74, 6) is -0.268. The lowest BCUT2D eigenvalue weighted by atomic mass is 9.93. The van der Waals surface area contributed by atoms with Crippen molar-refractivity contribution >= 4 is 53.3 Å². The molecule has 5 rings (SSSR count). The van der Waals surface area contributed by atoms with E-state index in [2.05, 4.69) is 15.3 Å². The second-order valence-corrected chi connectivity index (χ2v) is 12.5. The summed E-state index contributed by atoms with van der Waals surface area (Å²) in [4.78, 5) is 22.1. The van der Waals surface area contributed by atoms with Crippen LogP contribution in [0.2, 0.25) is 0 Å². The van der Waals surface area contributed by atoms with Gasteiger partial charge in [0, 0.05) is 29.0 Å². The van der Waals surface area contributed by atoms with Gasteiger partial charge in [0.25, 0.3) is 5.91 Å². The average molecular weight is 502 g/mol. The zero-order chi connectivity index (χ0) is 24.8. The molecule has 0 saturated heterocycles. The van der Waals surface area contributed by atoms with Gasteiger partial charge in [-0.05, 0) is 67.4 Å². The van der Waals surface area contributed by atoms with E-state index in [1.807, 2.05) is 60.7 Å². The number of aromatic nitrogens is 2. The highest BCUT2D eigenvalue weighted by Crippen LogP contribution is 2.36. The van der Waals surface area contributed by atoms with Crippen molar-refractivity contribution in [3.05, 3.63) is 90.1 Å². The third kappa shape index (κ3) is 4.31. The number of carbonyl (C=O) groups excluding carboxylic acids is 1. The summed E-state index contributed by atoms with van der Waals surface area (Å²) in [5.41, 5.74) is 4.26. The molecule has 0 saturated carbocycles. The molecule has 2 heterocycles. The number of para-hydroxylation sites is 1. The molecule has 0 atom stereocenters. The number of nitrogens with zero attached hydrogens (tertiary/aromatic N) is 2. The number of hydrogen-bond donors (Lipinski definition) is 1. The molecule has 2 aromatic heterocycles. The monoisotopic (exact) mass is 501 g/mol. The number of sulfone groups is 1. The van der Waals surface area contributed by atoms with Crippen LogP contribution >= 0.6 is 11.3 Å². The highest BCUT2D eigenvalue weighted by atomic mass is 32.2. The second-order valence-electron chi connectivity index (χ2n) is 8.90. The Kier molecular flexibility index (Phi) is 5.65. The molecule has 0 spiro atoms. The van der Waals surface area contributed by atoms with Crippen LogP contribution in [-0.4, -0.2) is 30.5 Å². The van der Waals surface area contributed by atoms with Gasteiger partial charge >= 0.3 is 0 Å². The van der Waals surface area contributed by atoms with Crippen LogP contribution in [0.3, 0.4) is 0 Å². The first-order valence-electron chi connectivity index (χ1n) is 11.0. The summed E-state index contributed by atoms with van der Waals surface area (Å²) in [6.45, 7) is 3.40. The standard InChI is InChI=1S/C27H23N3O3S2/c1-27(2,35(3,32)33)20-15-18-10-7-13-28-24(18)21(16-20)17-8-6-9-19(14-17)25(31)30-26-29-22-11-4-5-12-23(22)34-26/h4-16H,1-3H3,(H,29,30,31). The Morgan fingerprint density at radius 2 is 1.77 bits per heavy atom. The number of hydrogen-bond acceptors (Lipinski definition) is 6. The number of anilines is 1. The maximum atomic E-state index is 13.1. The predicted molar refractivity (Wildman–Crippen MR) is 143 cm³/mol. The Hall–Kier alpha value is -3.62. The Morgan fingerprint density at radius 1 is 0.971 bits per heavy atom. The van der Waals surface area contributed by atoms with Gasteiger partial charge in [-0.25, -0.2) is 13.4 Å². The van der Waals surface area contributed by atoms with E-state index in [1.165, 1.54) is 17.6 Å². The Bertz CT molecular complexity index is 1670.